The molecule has 3 nitrogen and oxygen atoms in total. The molecule has 1 radical (unpaired) electrons. The van der Waals surface area contributed by atoms with Crippen molar-refractivity contribution in [2.24, 2.45) is 0 Å². The van der Waals surface area contributed by atoms with E-state index >= 15 is 0 Å². The van der Waals surface area contributed by atoms with Crippen molar-refractivity contribution in [3.05, 3.63) is 28.8 Å². The van der Waals surface area contributed by atoms with Crippen LogP contribution in [0.2, 0.25) is 0 Å². The molecule has 1 aromatic rings. The third-order valence-corrected chi connectivity index (χ3v) is 2.25. The van der Waals surface area contributed by atoms with E-state index in [0.29, 0.717) is 0 Å². The third kappa shape index (κ3) is 5.60. The topological polar surface area (TPSA) is 49.7 Å². The van der Waals surface area contributed by atoms with Gasteiger partial charge in [-0.1, -0.05) is 0 Å². The normalized spacial score (nSPS) is 12.7. The summed E-state index contributed by atoms with van der Waals surface area (Å²) in [5.41, 5.74) is -7.10. The minimum Gasteiger partial charge on any atom is -0.511 e. The summed E-state index contributed by atoms with van der Waals surface area (Å²) < 4.78 is 117. The minimum atomic E-state index is -5.66. The minimum absolute atomic E-state index is 0. The van der Waals surface area contributed by atoms with Crippen LogP contribution in [0.15, 0.2) is 12.1 Å². The van der Waals surface area contributed by atoms with Gasteiger partial charge >= 0.3 is 25.9 Å². The Kier molecular flexibility index (Phi) is 6.66. The first-order chi connectivity index (χ1) is 9.64. The summed E-state index contributed by atoms with van der Waals surface area (Å²) in [6.45, 7) is 0. The number of halogens is 9. The van der Waals surface area contributed by atoms with Crippen LogP contribution in [-0.2, 0) is 40.9 Å². The van der Waals surface area contributed by atoms with Crippen molar-refractivity contribution in [1.82, 2.24) is 0 Å². The van der Waals surface area contributed by atoms with E-state index in [1.807, 2.05) is 0 Å². The zero-order chi connectivity index (χ0) is 17.5. The first-order valence-electron chi connectivity index (χ1n) is 5.06. The number of hydrogen-bond acceptors (Lipinski definition) is 3. The van der Waals surface area contributed by atoms with Gasteiger partial charge in [0.1, 0.15) is 5.75 Å². The van der Waals surface area contributed by atoms with Gasteiger partial charge in [0.25, 0.3) is 0 Å². The molecule has 0 heterocycles. The molecule has 0 fully saturated rings. The predicted molar refractivity (Wildman–Crippen MR) is 52.3 cm³/mol. The smallest absolute Gasteiger partial charge is 0.511 e. The molecule has 0 aliphatic heterocycles. The van der Waals surface area contributed by atoms with Crippen molar-refractivity contribution in [3.63, 3.8) is 0 Å². The van der Waals surface area contributed by atoms with Crippen LogP contribution in [0, 0.1) is 0 Å². The van der Waals surface area contributed by atoms with Crippen molar-refractivity contribution in [3.8, 4) is 5.75 Å². The van der Waals surface area contributed by atoms with Gasteiger partial charge in [-0.25, -0.2) is 0 Å². The van der Waals surface area contributed by atoms with Gasteiger partial charge in [-0.3, -0.25) is 0 Å². The molecule has 135 valence electrons. The number of benzene rings is 1. The Morgan fingerprint density at radius 3 is 1.30 bits per heavy atom. The Bertz CT molecular complexity index is 518. The van der Waals surface area contributed by atoms with Gasteiger partial charge in [0, 0.05) is 22.4 Å². The SMILES string of the molecule is OB(O)Oc1c(C(F)(F)F)cc(C(F)(F)F)cc1C(F)(F)F.[Ag]. The molecule has 0 bridgehead atoms. The van der Waals surface area contributed by atoms with E-state index in [2.05, 4.69) is 4.65 Å². The van der Waals surface area contributed by atoms with Gasteiger partial charge in [0.2, 0.25) is 0 Å². The molecule has 0 saturated heterocycles. The molecule has 23 heavy (non-hydrogen) atoms. The summed E-state index contributed by atoms with van der Waals surface area (Å²) in [6, 6.07) is -1.24. The second-order valence-corrected chi connectivity index (χ2v) is 3.84. The summed E-state index contributed by atoms with van der Waals surface area (Å²) in [5, 5.41) is 16.8. The summed E-state index contributed by atoms with van der Waals surface area (Å²) in [6.07, 6.45) is -16.8. The Morgan fingerprint density at radius 2 is 1.09 bits per heavy atom. The van der Waals surface area contributed by atoms with Crippen LogP contribution >= 0.6 is 0 Å². The molecule has 2 N–H and O–H groups in total. The third-order valence-electron chi connectivity index (χ3n) is 2.25. The van der Waals surface area contributed by atoms with Gasteiger partial charge in [0.15, 0.2) is 0 Å². The maximum absolute atomic E-state index is 12.7. The summed E-state index contributed by atoms with van der Waals surface area (Å²) >= 11 is 0. The maximum Gasteiger partial charge on any atom is 0.707 e. The molecule has 0 unspecified atom stereocenters. The fourth-order valence-electron chi connectivity index (χ4n) is 1.45. The molecule has 0 saturated carbocycles. The monoisotopic (exact) mass is 449 g/mol. The molecule has 0 atom stereocenters. The van der Waals surface area contributed by atoms with Crippen molar-refractivity contribution in [2.45, 2.75) is 18.5 Å². The first-order valence-corrected chi connectivity index (χ1v) is 5.06. The number of alkyl halides is 9. The molecular formula is C9H4AgBF9O3. The van der Waals surface area contributed by atoms with Crippen LogP contribution in [0.25, 0.3) is 0 Å². The fourth-order valence-corrected chi connectivity index (χ4v) is 1.45. The van der Waals surface area contributed by atoms with Crippen molar-refractivity contribution < 1.29 is 76.6 Å². The zero-order valence-corrected chi connectivity index (χ0v) is 11.7. The van der Waals surface area contributed by atoms with Gasteiger partial charge in [-0.05, 0) is 12.1 Å². The summed E-state index contributed by atoms with van der Waals surface area (Å²) in [4.78, 5) is 0. The summed E-state index contributed by atoms with van der Waals surface area (Å²) in [5.74, 6) is -2.16. The van der Waals surface area contributed by atoms with Crippen molar-refractivity contribution >= 4 is 7.32 Å². The van der Waals surface area contributed by atoms with Gasteiger partial charge in [-0.15, -0.1) is 0 Å². The van der Waals surface area contributed by atoms with Crippen LogP contribution in [0.3, 0.4) is 0 Å². The molecule has 0 aliphatic carbocycles. The molecule has 1 rings (SSSR count). The molecule has 0 aliphatic rings. The second kappa shape index (κ2) is 6.93. The van der Waals surface area contributed by atoms with E-state index in [0.717, 1.165) is 0 Å². The Labute approximate surface area is 137 Å². The average molecular weight is 450 g/mol. The van der Waals surface area contributed by atoms with E-state index in [-0.39, 0.29) is 22.4 Å². The van der Waals surface area contributed by atoms with E-state index < -0.39 is 60.4 Å². The van der Waals surface area contributed by atoms with Gasteiger partial charge in [0.05, 0.1) is 16.7 Å². The van der Waals surface area contributed by atoms with Crippen LogP contribution in [0.1, 0.15) is 16.7 Å². The van der Waals surface area contributed by atoms with Crippen molar-refractivity contribution in [1.29, 1.82) is 0 Å². The van der Waals surface area contributed by atoms with Crippen LogP contribution in [0.5, 0.6) is 5.75 Å². The molecule has 0 aromatic heterocycles. The van der Waals surface area contributed by atoms with Crippen LogP contribution in [0.4, 0.5) is 39.5 Å². The molecule has 0 spiro atoms. The summed E-state index contributed by atoms with van der Waals surface area (Å²) in [7, 11) is -3.10. The molecule has 0 amide bonds. The van der Waals surface area contributed by atoms with Gasteiger partial charge in [-0.2, -0.15) is 39.5 Å². The molecular weight excluding hydrogens is 446 g/mol. The average Bonchev–Trinajstić information content (AvgIpc) is 2.23. The Balaban J connectivity index is 0.00000484. The van der Waals surface area contributed by atoms with Crippen LogP contribution in [-0.4, -0.2) is 17.4 Å². The van der Waals surface area contributed by atoms with E-state index in [1.165, 1.54) is 0 Å². The van der Waals surface area contributed by atoms with E-state index in [4.69, 9.17) is 10.0 Å². The predicted octanol–water partition coefficient (Wildman–Crippen LogP) is 3.09. The zero-order valence-electron chi connectivity index (χ0n) is 10.2. The molecule has 14 heteroatoms. The Hall–Kier alpha value is -0.885. The largest absolute Gasteiger partial charge is 0.707 e. The standard InChI is InChI=1S/C9H4BF9O3.Ag/c11-7(12,13)3-1-4(8(14,15)16)6(22-10(20)21)5(2-3)9(17,18)19;/h1-2,20-21H;. The van der Waals surface area contributed by atoms with E-state index in [9.17, 15) is 39.5 Å². The van der Waals surface area contributed by atoms with E-state index in [1.54, 1.807) is 0 Å². The molecule has 1 aromatic carbocycles. The quantitative estimate of drug-likeness (QED) is 0.539. The second-order valence-electron chi connectivity index (χ2n) is 3.84. The number of hydrogen-bond donors (Lipinski definition) is 2. The first kappa shape index (κ1) is 22.1. The Morgan fingerprint density at radius 1 is 0.739 bits per heavy atom. The van der Waals surface area contributed by atoms with Crippen molar-refractivity contribution in [2.75, 3.05) is 0 Å². The number of rotatable bonds is 2. The van der Waals surface area contributed by atoms with Gasteiger partial charge < -0.3 is 14.7 Å². The van der Waals surface area contributed by atoms with Crippen LogP contribution < -0.4 is 4.65 Å². The maximum atomic E-state index is 12.7. The fraction of sp³-hybridized carbons (Fsp3) is 0.333.